The minimum absolute atomic E-state index is 0.150. The highest BCUT2D eigenvalue weighted by Crippen LogP contribution is 2.20. The first kappa shape index (κ1) is 15.5. The van der Waals surface area contributed by atoms with E-state index in [-0.39, 0.29) is 11.4 Å². The Labute approximate surface area is 122 Å². The average molecular weight is 311 g/mol. The number of hydrogen-bond donors (Lipinski definition) is 3. The molecule has 0 amide bonds. The van der Waals surface area contributed by atoms with Crippen LogP contribution in [0.1, 0.15) is 19.8 Å². The molecule has 2 aromatic heterocycles. The molecule has 21 heavy (non-hydrogen) atoms. The zero-order chi connectivity index (χ0) is 15.5. The number of carboxylic acids is 1. The molecule has 0 bridgehead atoms. The number of sulfonamides is 1. The van der Waals surface area contributed by atoms with Crippen LogP contribution in [0.15, 0.2) is 29.4 Å². The molecule has 1 unspecified atom stereocenters. The first-order valence-electron chi connectivity index (χ1n) is 6.56. The Morgan fingerprint density at radius 1 is 1.52 bits per heavy atom. The van der Waals surface area contributed by atoms with E-state index in [1.807, 2.05) is 0 Å². The fourth-order valence-corrected chi connectivity index (χ4v) is 3.21. The summed E-state index contributed by atoms with van der Waals surface area (Å²) in [6.07, 6.45) is 3.87. The van der Waals surface area contributed by atoms with E-state index < -0.39 is 21.9 Å². The van der Waals surface area contributed by atoms with Gasteiger partial charge in [-0.15, -0.1) is 0 Å². The van der Waals surface area contributed by atoms with Gasteiger partial charge in [0.15, 0.2) is 0 Å². The Kier molecular flexibility index (Phi) is 4.59. The van der Waals surface area contributed by atoms with Gasteiger partial charge in [-0.2, -0.15) is 0 Å². The largest absolute Gasteiger partial charge is 0.481 e. The number of hydrogen-bond acceptors (Lipinski definition) is 4. The van der Waals surface area contributed by atoms with Crippen molar-refractivity contribution in [2.45, 2.75) is 24.7 Å². The number of fused-ring (bicyclic) bond motifs is 1. The third kappa shape index (κ3) is 3.59. The lowest BCUT2D eigenvalue weighted by Crippen LogP contribution is -2.25. The van der Waals surface area contributed by atoms with Gasteiger partial charge in [0.25, 0.3) is 0 Å². The molecule has 0 aromatic carbocycles. The van der Waals surface area contributed by atoms with Gasteiger partial charge in [-0.3, -0.25) is 4.79 Å². The Morgan fingerprint density at radius 3 is 3.00 bits per heavy atom. The maximum Gasteiger partial charge on any atom is 0.306 e. The molecule has 0 radical (unpaired) electrons. The summed E-state index contributed by atoms with van der Waals surface area (Å²) in [6.45, 7) is 1.80. The smallest absolute Gasteiger partial charge is 0.306 e. The summed E-state index contributed by atoms with van der Waals surface area (Å²) in [5.74, 6) is -1.35. The fraction of sp³-hybridized carbons (Fsp3) is 0.385. The third-order valence-electron chi connectivity index (χ3n) is 3.23. The van der Waals surface area contributed by atoms with E-state index in [2.05, 4.69) is 14.7 Å². The second-order valence-corrected chi connectivity index (χ2v) is 6.57. The molecule has 0 aliphatic heterocycles. The zero-order valence-corrected chi connectivity index (χ0v) is 12.4. The van der Waals surface area contributed by atoms with Gasteiger partial charge >= 0.3 is 5.97 Å². The molecule has 0 fully saturated rings. The second kappa shape index (κ2) is 6.23. The normalized spacial score (nSPS) is 13.4. The van der Waals surface area contributed by atoms with Crippen LogP contribution in [0.5, 0.6) is 0 Å². The molecule has 7 nitrogen and oxygen atoms in total. The van der Waals surface area contributed by atoms with Crippen molar-refractivity contribution in [1.82, 2.24) is 14.7 Å². The van der Waals surface area contributed by atoms with E-state index in [9.17, 15) is 13.2 Å². The van der Waals surface area contributed by atoms with E-state index >= 15 is 0 Å². The van der Waals surface area contributed by atoms with Crippen molar-refractivity contribution < 1.29 is 18.3 Å². The number of carboxylic acid groups (broad SMARTS) is 1. The molecule has 2 heterocycles. The van der Waals surface area contributed by atoms with Crippen LogP contribution in [0.25, 0.3) is 11.0 Å². The van der Waals surface area contributed by atoms with Crippen molar-refractivity contribution in [2.24, 2.45) is 5.92 Å². The maximum absolute atomic E-state index is 12.2. The number of rotatable bonds is 7. The van der Waals surface area contributed by atoms with Gasteiger partial charge in [0.1, 0.15) is 10.5 Å². The van der Waals surface area contributed by atoms with Crippen molar-refractivity contribution in [3.05, 3.63) is 24.5 Å². The Bertz CT molecular complexity index is 739. The molecule has 0 spiro atoms. The Balaban J connectivity index is 2.01. The molecule has 1 atom stereocenters. The van der Waals surface area contributed by atoms with E-state index in [4.69, 9.17) is 5.11 Å². The molecule has 3 N–H and O–H groups in total. The lowest BCUT2D eigenvalue weighted by molar-refractivity contribution is -0.141. The highest BCUT2D eigenvalue weighted by molar-refractivity contribution is 7.89. The van der Waals surface area contributed by atoms with Gasteiger partial charge in [-0.25, -0.2) is 18.1 Å². The number of carbonyl (C=O) groups is 1. The topological polar surface area (TPSA) is 112 Å². The first-order chi connectivity index (χ1) is 9.92. The molecule has 0 saturated heterocycles. The standard InChI is InChI=1S/C13H17N3O4S/c1-9(13(17)18)4-2-7-16-21(19,20)11-8-15-12-10(11)5-3-6-14-12/h3,5-6,8-9,16H,2,4,7H2,1H3,(H,14,15)(H,17,18). The number of H-pyrrole nitrogens is 1. The van der Waals surface area contributed by atoms with Crippen LogP contribution in [0, 0.1) is 5.92 Å². The summed E-state index contributed by atoms with van der Waals surface area (Å²) in [7, 11) is -3.63. The molecular formula is C13H17N3O4S. The number of nitrogens with one attached hydrogen (secondary N) is 2. The first-order valence-corrected chi connectivity index (χ1v) is 8.04. The van der Waals surface area contributed by atoms with Gasteiger partial charge < -0.3 is 10.1 Å². The molecule has 0 aliphatic carbocycles. The van der Waals surface area contributed by atoms with Crippen LogP contribution >= 0.6 is 0 Å². The highest BCUT2D eigenvalue weighted by atomic mass is 32.2. The number of nitrogens with zero attached hydrogens (tertiary/aromatic N) is 1. The summed E-state index contributed by atoms with van der Waals surface area (Å²) >= 11 is 0. The van der Waals surface area contributed by atoms with Crippen molar-refractivity contribution in [3.8, 4) is 0 Å². The number of aliphatic carboxylic acids is 1. The van der Waals surface area contributed by atoms with Crippen molar-refractivity contribution in [2.75, 3.05) is 6.54 Å². The van der Waals surface area contributed by atoms with Crippen LogP contribution in [-0.4, -0.2) is 36.0 Å². The van der Waals surface area contributed by atoms with E-state index in [0.29, 0.717) is 23.9 Å². The Morgan fingerprint density at radius 2 is 2.29 bits per heavy atom. The van der Waals surface area contributed by atoms with Crippen LogP contribution < -0.4 is 4.72 Å². The van der Waals surface area contributed by atoms with E-state index in [0.717, 1.165) is 0 Å². The lowest BCUT2D eigenvalue weighted by atomic mass is 10.1. The summed E-state index contributed by atoms with van der Waals surface area (Å²) in [4.78, 5) is 17.7. The summed E-state index contributed by atoms with van der Waals surface area (Å²) in [5.41, 5.74) is 0.511. The van der Waals surface area contributed by atoms with Crippen molar-refractivity contribution in [1.29, 1.82) is 0 Å². The van der Waals surface area contributed by atoms with E-state index in [1.165, 1.54) is 6.20 Å². The zero-order valence-electron chi connectivity index (χ0n) is 11.5. The monoisotopic (exact) mass is 311 g/mol. The van der Waals surface area contributed by atoms with Gasteiger partial charge in [-0.1, -0.05) is 6.92 Å². The fourth-order valence-electron chi connectivity index (χ4n) is 1.97. The number of aromatic nitrogens is 2. The minimum Gasteiger partial charge on any atom is -0.481 e. The van der Waals surface area contributed by atoms with Gasteiger partial charge in [0.2, 0.25) is 10.0 Å². The SMILES string of the molecule is CC(CCCNS(=O)(=O)c1c[nH]c2ncccc12)C(=O)O. The van der Waals surface area contributed by atoms with E-state index in [1.54, 1.807) is 25.3 Å². The molecule has 2 aromatic rings. The van der Waals surface area contributed by atoms with Crippen molar-refractivity contribution >= 4 is 27.0 Å². The lowest BCUT2D eigenvalue weighted by Gasteiger charge is -2.07. The number of pyridine rings is 1. The molecule has 8 heteroatoms. The van der Waals surface area contributed by atoms with Crippen LogP contribution in [0.4, 0.5) is 0 Å². The van der Waals surface area contributed by atoms with Crippen molar-refractivity contribution in [3.63, 3.8) is 0 Å². The van der Waals surface area contributed by atoms with Crippen LogP contribution in [0.3, 0.4) is 0 Å². The van der Waals surface area contributed by atoms with Gasteiger partial charge in [0.05, 0.1) is 5.92 Å². The molecule has 0 saturated carbocycles. The second-order valence-electron chi connectivity index (χ2n) is 4.83. The third-order valence-corrected chi connectivity index (χ3v) is 4.73. The Hall–Kier alpha value is -1.93. The van der Waals surface area contributed by atoms with Gasteiger partial charge in [0, 0.05) is 24.3 Å². The summed E-state index contributed by atoms with van der Waals surface area (Å²) < 4.78 is 26.9. The van der Waals surface area contributed by atoms with Crippen LogP contribution in [-0.2, 0) is 14.8 Å². The molecular weight excluding hydrogens is 294 g/mol. The highest BCUT2D eigenvalue weighted by Gasteiger charge is 2.19. The predicted octanol–water partition coefficient (Wildman–Crippen LogP) is 1.34. The van der Waals surface area contributed by atoms with Crippen LogP contribution in [0.2, 0.25) is 0 Å². The predicted molar refractivity (Wildman–Crippen MR) is 77.3 cm³/mol. The molecule has 114 valence electrons. The maximum atomic E-state index is 12.2. The summed E-state index contributed by atoms with van der Waals surface area (Å²) in [5, 5.41) is 9.29. The van der Waals surface area contributed by atoms with Gasteiger partial charge in [-0.05, 0) is 25.0 Å². The summed E-state index contributed by atoms with van der Waals surface area (Å²) in [6, 6.07) is 3.35. The molecule has 0 aliphatic rings. The number of aromatic amines is 1. The quantitative estimate of drug-likeness (QED) is 0.668. The minimum atomic E-state index is -3.63. The molecule has 2 rings (SSSR count). The average Bonchev–Trinajstić information content (AvgIpc) is 2.88.